The fraction of sp³-hybridized carbons (Fsp3) is 0.385. The first-order valence-corrected chi connectivity index (χ1v) is 5.98. The molecule has 0 saturated carbocycles. The fourth-order valence-corrected chi connectivity index (χ4v) is 2.25. The molecule has 96 valence electrons. The molecule has 5 nitrogen and oxygen atoms in total. The molecule has 1 aliphatic rings. The second kappa shape index (κ2) is 5.08. The van der Waals surface area contributed by atoms with Gasteiger partial charge in [-0.15, -0.1) is 0 Å². The van der Waals surface area contributed by atoms with Crippen LogP contribution in [-0.4, -0.2) is 31.6 Å². The third-order valence-electron chi connectivity index (χ3n) is 3.14. The number of fused-ring (bicyclic) bond motifs is 1. The lowest BCUT2D eigenvalue weighted by molar-refractivity contribution is -0.118. The van der Waals surface area contributed by atoms with Crippen molar-refractivity contribution in [2.45, 2.75) is 19.4 Å². The standard InChI is InChI=1S/C13H17N3O2/c1-9-7-10-5-3-4-6-11(10)16(9)8-12(17)15-13(18)14-2/h3-6,9H,7-8H2,1-2H3,(H2,14,15,17,18)/t9-/m1/s1. The molecule has 1 aromatic carbocycles. The Balaban J connectivity index is 2.06. The van der Waals surface area contributed by atoms with Crippen LogP contribution in [0.3, 0.4) is 0 Å². The molecule has 5 heteroatoms. The highest BCUT2D eigenvalue weighted by Gasteiger charge is 2.27. The second-order valence-electron chi connectivity index (χ2n) is 4.44. The summed E-state index contributed by atoms with van der Waals surface area (Å²) in [6.07, 6.45) is 0.934. The van der Waals surface area contributed by atoms with Crippen molar-refractivity contribution in [3.63, 3.8) is 0 Å². The molecule has 1 aliphatic heterocycles. The Morgan fingerprint density at radius 2 is 2.11 bits per heavy atom. The van der Waals surface area contributed by atoms with Crippen LogP contribution in [0.15, 0.2) is 24.3 Å². The predicted octanol–water partition coefficient (Wildman–Crippen LogP) is 0.893. The number of benzene rings is 1. The van der Waals surface area contributed by atoms with Gasteiger partial charge in [-0.05, 0) is 25.0 Å². The van der Waals surface area contributed by atoms with Crippen molar-refractivity contribution in [2.75, 3.05) is 18.5 Å². The average molecular weight is 247 g/mol. The number of carbonyl (C=O) groups is 2. The fourth-order valence-electron chi connectivity index (χ4n) is 2.25. The van der Waals surface area contributed by atoms with E-state index in [1.807, 2.05) is 23.1 Å². The number of nitrogens with zero attached hydrogens (tertiary/aromatic N) is 1. The van der Waals surface area contributed by atoms with E-state index in [0.29, 0.717) is 0 Å². The first-order valence-electron chi connectivity index (χ1n) is 5.98. The van der Waals surface area contributed by atoms with Gasteiger partial charge in [0, 0.05) is 18.8 Å². The van der Waals surface area contributed by atoms with Crippen LogP contribution >= 0.6 is 0 Å². The summed E-state index contributed by atoms with van der Waals surface area (Å²) in [6.45, 7) is 2.28. The third kappa shape index (κ3) is 2.45. The van der Waals surface area contributed by atoms with Crippen LogP contribution in [0.5, 0.6) is 0 Å². The van der Waals surface area contributed by atoms with E-state index in [-0.39, 0.29) is 18.5 Å². The van der Waals surface area contributed by atoms with Crippen molar-refractivity contribution in [1.82, 2.24) is 10.6 Å². The zero-order chi connectivity index (χ0) is 13.1. The molecule has 1 atom stereocenters. The Morgan fingerprint density at radius 3 is 2.83 bits per heavy atom. The van der Waals surface area contributed by atoms with E-state index in [0.717, 1.165) is 12.1 Å². The van der Waals surface area contributed by atoms with E-state index in [2.05, 4.69) is 23.6 Å². The van der Waals surface area contributed by atoms with Gasteiger partial charge in [-0.1, -0.05) is 18.2 Å². The van der Waals surface area contributed by atoms with Gasteiger partial charge in [0.15, 0.2) is 0 Å². The molecule has 0 spiro atoms. The Kier molecular flexibility index (Phi) is 3.50. The van der Waals surface area contributed by atoms with Crippen LogP contribution in [0.25, 0.3) is 0 Å². The van der Waals surface area contributed by atoms with Gasteiger partial charge in [0.05, 0.1) is 6.54 Å². The van der Waals surface area contributed by atoms with Crippen molar-refractivity contribution in [3.05, 3.63) is 29.8 Å². The second-order valence-corrected chi connectivity index (χ2v) is 4.44. The largest absolute Gasteiger partial charge is 0.359 e. The van der Waals surface area contributed by atoms with E-state index >= 15 is 0 Å². The number of hydrogen-bond acceptors (Lipinski definition) is 3. The van der Waals surface area contributed by atoms with Crippen molar-refractivity contribution in [2.24, 2.45) is 0 Å². The maximum Gasteiger partial charge on any atom is 0.321 e. The molecule has 0 unspecified atom stereocenters. The average Bonchev–Trinajstić information content (AvgIpc) is 2.66. The van der Waals surface area contributed by atoms with Crippen molar-refractivity contribution in [3.8, 4) is 0 Å². The summed E-state index contributed by atoms with van der Waals surface area (Å²) in [5.41, 5.74) is 2.33. The molecule has 3 amide bonds. The highest BCUT2D eigenvalue weighted by Crippen LogP contribution is 2.31. The molecule has 18 heavy (non-hydrogen) atoms. The molecule has 0 saturated heterocycles. The van der Waals surface area contributed by atoms with Crippen LogP contribution < -0.4 is 15.5 Å². The van der Waals surface area contributed by atoms with Gasteiger partial charge in [0.1, 0.15) is 0 Å². The lowest BCUT2D eigenvalue weighted by Crippen LogP contribution is -2.45. The number of urea groups is 1. The summed E-state index contributed by atoms with van der Waals surface area (Å²) >= 11 is 0. The van der Waals surface area contributed by atoms with Crippen LogP contribution in [-0.2, 0) is 11.2 Å². The lowest BCUT2D eigenvalue weighted by Gasteiger charge is -2.23. The van der Waals surface area contributed by atoms with E-state index in [4.69, 9.17) is 0 Å². The minimum absolute atomic E-state index is 0.200. The van der Waals surface area contributed by atoms with Crippen LogP contribution in [0.2, 0.25) is 0 Å². The maximum absolute atomic E-state index is 11.7. The summed E-state index contributed by atoms with van der Waals surface area (Å²) in [5, 5.41) is 4.64. The van der Waals surface area contributed by atoms with Gasteiger partial charge in [0.2, 0.25) is 5.91 Å². The summed E-state index contributed by atoms with van der Waals surface area (Å²) in [6, 6.07) is 7.84. The number of imide groups is 1. The van der Waals surface area contributed by atoms with Gasteiger partial charge in [-0.25, -0.2) is 4.79 Å². The minimum atomic E-state index is -0.472. The van der Waals surface area contributed by atoms with Gasteiger partial charge >= 0.3 is 6.03 Å². The SMILES string of the molecule is CNC(=O)NC(=O)CN1c2ccccc2C[C@H]1C. The summed E-state index contributed by atoms with van der Waals surface area (Å²) in [5.74, 6) is -0.294. The molecule has 1 aromatic rings. The van der Waals surface area contributed by atoms with E-state index < -0.39 is 6.03 Å². The number of nitrogens with one attached hydrogen (secondary N) is 2. The Bertz CT molecular complexity index is 473. The molecule has 0 bridgehead atoms. The molecule has 0 aliphatic carbocycles. The molecule has 0 fully saturated rings. The van der Waals surface area contributed by atoms with Gasteiger partial charge in [0.25, 0.3) is 0 Å². The Morgan fingerprint density at radius 1 is 1.39 bits per heavy atom. The van der Waals surface area contributed by atoms with Gasteiger partial charge in [-0.2, -0.15) is 0 Å². The van der Waals surface area contributed by atoms with E-state index in [1.165, 1.54) is 12.6 Å². The van der Waals surface area contributed by atoms with Crippen molar-refractivity contribution < 1.29 is 9.59 Å². The number of amides is 3. The van der Waals surface area contributed by atoms with Crippen molar-refractivity contribution in [1.29, 1.82) is 0 Å². The predicted molar refractivity (Wildman–Crippen MR) is 69.6 cm³/mol. The molecule has 2 N–H and O–H groups in total. The third-order valence-corrected chi connectivity index (χ3v) is 3.14. The smallest absolute Gasteiger partial charge is 0.321 e. The van der Waals surface area contributed by atoms with E-state index in [1.54, 1.807) is 0 Å². The molecule has 0 radical (unpaired) electrons. The first-order chi connectivity index (χ1) is 8.61. The number of carbonyl (C=O) groups excluding carboxylic acids is 2. The molecule has 0 aromatic heterocycles. The number of rotatable bonds is 2. The zero-order valence-electron chi connectivity index (χ0n) is 10.6. The number of para-hydroxylation sites is 1. The number of anilines is 1. The van der Waals surface area contributed by atoms with Gasteiger partial charge < -0.3 is 10.2 Å². The quantitative estimate of drug-likeness (QED) is 0.816. The first kappa shape index (κ1) is 12.4. The molecule has 2 rings (SSSR count). The lowest BCUT2D eigenvalue weighted by atomic mass is 10.1. The van der Waals surface area contributed by atoms with Crippen LogP contribution in [0.4, 0.5) is 10.5 Å². The molecular weight excluding hydrogens is 230 g/mol. The minimum Gasteiger partial charge on any atom is -0.359 e. The molecular formula is C13H17N3O2. The normalized spacial score (nSPS) is 17.2. The summed E-state index contributed by atoms with van der Waals surface area (Å²) in [7, 11) is 1.48. The highest BCUT2D eigenvalue weighted by molar-refractivity contribution is 5.96. The summed E-state index contributed by atoms with van der Waals surface area (Å²) < 4.78 is 0. The maximum atomic E-state index is 11.7. The van der Waals surface area contributed by atoms with Crippen LogP contribution in [0, 0.1) is 0 Å². The van der Waals surface area contributed by atoms with E-state index in [9.17, 15) is 9.59 Å². The van der Waals surface area contributed by atoms with Gasteiger partial charge in [-0.3, -0.25) is 10.1 Å². The monoisotopic (exact) mass is 247 g/mol. The highest BCUT2D eigenvalue weighted by atomic mass is 16.2. The van der Waals surface area contributed by atoms with Crippen LogP contribution in [0.1, 0.15) is 12.5 Å². The zero-order valence-corrected chi connectivity index (χ0v) is 10.6. The number of hydrogen-bond donors (Lipinski definition) is 2. The van der Waals surface area contributed by atoms with Crippen molar-refractivity contribution >= 4 is 17.6 Å². The Labute approximate surface area is 106 Å². The molecule has 1 heterocycles. The summed E-state index contributed by atoms with van der Waals surface area (Å²) in [4.78, 5) is 24.8. The topological polar surface area (TPSA) is 61.4 Å². The Hall–Kier alpha value is -2.04.